The first-order valence-corrected chi connectivity index (χ1v) is 18.7. The van der Waals surface area contributed by atoms with Crippen molar-refractivity contribution in [2.75, 3.05) is 38.7 Å². The van der Waals surface area contributed by atoms with Crippen LogP contribution in [0.5, 0.6) is 5.75 Å². The molecule has 1 aromatic heterocycles. The summed E-state index contributed by atoms with van der Waals surface area (Å²) in [6.07, 6.45) is 1.62. The minimum absolute atomic E-state index is 0.0313. The molecule has 2 saturated carbocycles. The fourth-order valence-electron chi connectivity index (χ4n) is 7.32. The number of carbonyl (C=O) groups is 1. The van der Waals surface area contributed by atoms with E-state index in [1.807, 2.05) is 26.0 Å². The van der Waals surface area contributed by atoms with Crippen molar-refractivity contribution in [1.29, 1.82) is 0 Å². The number of fused-ring (bicyclic) bond motifs is 3. The maximum absolute atomic E-state index is 14.1. The van der Waals surface area contributed by atoms with Crippen LogP contribution in [0.1, 0.15) is 45.1 Å². The number of benzene rings is 2. The van der Waals surface area contributed by atoms with E-state index >= 15 is 0 Å². The van der Waals surface area contributed by atoms with Crippen molar-refractivity contribution in [3.05, 3.63) is 48.0 Å². The van der Waals surface area contributed by atoms with Gasteiger partial charge in [-0.05, 0) is 67.9 Å². The van der Waals surface area contributed by atoms with E-state index in [4.69, 9.17) is 23.4 Å². The standard InChI is InChI=1S/C35H46N4O9S/c1-20(2)16-39(49(42,43)25-11-13-28-31(15-25)47-34(37-28)36-23-7-8-23)17-30(40)29(14-21-4-9-24(44-3)10-5-21)38-35(41)48-32-22-6-12-26-27(32)19-46-33(26)45-18-22/h4-5,9-11,13,15,20,22-23,26-27,29-30,32-33,40H,6-8,12,14,16-19H2,1-3H3,(H,36,37)(H,38,41). The number of alkyl carbamates (subject to hydrolysis) is 1. The number of sulfonamides is 1. The largest absolute Gasteiger partial charge is 0.497 e. The summed E-state index contributed by atoms with van der Waals surface area (Å²) in [5, 5.41) is 17.9. The van der Waals surface area contributed by atoms with Crippen LogP contribution in [0.25, 0.3) is 11.1 Å². The third-order valence-corrected chi connectivity index (χ3v) is 11.9. The van der Waals surface area contributed by atoms with Crippen molar-refractivity contribution in [3.63, 3.8) is 0 Å². The van der Waals surface area contributed by atoms with Gasteiger partial charge >= 0.3 is 6.09 Å². The molecular weight excluding hydrogens is 652 g/mol. The van der Waals surface area contributed by atoms with Crippen LogP contribution in [0.2, 0.25) is 0 Å². The first-order valence-electron chi connectivity index (χ1n) is 17.3. The first-order chi connectivity index (χ1) is 23.6. The van der Waals surface area contributed by atoms with Gasteiger partial charge in [0, 0.05) is 43.0 Å². The topological polar surface area (TPSA) is 162 Å². The van der Waals surface area contributed by atoms with Gasteiger partial charge in [-0.15, -0.1) is 0 Å². The van der Waals surface area contributed by atoms with Gasteiger partial charge in [-0.2, -0.15) is 9.29 Å². The van der Waals surface area contributed by atoms with E-state index in [0.717, 1.165) is 31.2 Å². The quantitative estimate of drug-likeness (QED) is 0.222. The summed E-state index contributed by atoms with van der Waals surface area (Å²) in [7, 11) is -2.51. The second kappa shape index (κ2) is 14.1. The number of oxazole rings is 1. The summed E-state index contributed by atoms with van der Waals surface area (Å²) in [5.74, 6) is 0.929. The zero-order valence-electron chi connectivity index (χ0n) is 28.1. The Morgan fingerprint density at radius 1 is 1.04 bits per heavy atom. The summed E-state index contributed by atoms with van der Waals surface area (Å²) >= 11 is 0. The van der Waals surface area contributed by atoms with Gasteiger partial charge in [0.25, 0.3) is 6.01 Å². The molecule has 3 saturated heterocycles. The monoisotopic (exact) mass is 698 g/mol. The van der Waals surface area contributed by atoms with E-state index in [9.17, 15) is 18.3 Å². The van der Waals surface area contributed by atoms with E-state index < -0.39 is 28.3 Å². The van der Waals surface area contributed by atoms with Crippen LogP contribution < -0.4 is 15.4 Å². The summed E-state index contributed by atoms with van der Waals surface area (Å²) in [4.78, 5) is 18.0. The van der Waals surface area contributed by atoms with Crippen LogP contribution in [0.3, 0.4) is 0 Å². The Kier molecular flexibility index (Phi) is 9.77. The number of ether oxygens (including phenoxy) is 4. The second-order valence-corrected chi connectivity index (χ2v) is 16.2. The molecule has 4 bridgehead atoms. The number of aliphatic hydroxyl groups excluding tert-OH is 1. The van der Waals surface area contributed by atoms with Crippen molar-refractivity contribution in [2.45, 2.75) is 81.4 Å². The predicted octanol–water partition coefficient (Wildman–Crippen LogP) is 4.15. The van der Waals surface area contributed by atoms with E-state index in [0.29, 0.717) is 42.1 Å². The Hall–Kier alpha value is -3.43. The zero-order valence-corrected chi connectivity index (χ0v) is 28.9. The number of carbonyl (C=O) groups excluding carboxylic acids is 1. The van der Waals surface area contributed by atoms with Gasteiger partial charge in [0.05, 0.1) is 37.4 Å². The molecule has 7 unspecified atom stereocenters. The Morgan fingerprint density at radius 3 is 2.55 bits per heavy atom. The van der Waals surface area contributed by atoms with Gasteiger partial charge in [0.15, 0.2) is 11.9 Å². The number of hydrogen-bond donors (Lipinski definition) is 3. The van der Waals surface area contributed by atoms with Crippen LogP contribution in [-0.4, -0.2) is 92.9 Å². The molecule has 3 aromatic rings. The summed E-state index contributed by atoms with van der Waals surface area (Å²) in [6, 6.07) is 11.7. The predicted molar refractivity (Wildman–Crippen MR) is 180 cm³/mol. The lowest BCUT2D eigenvalue weighted by Crippen LogP contribution is -2.52. The van der Waals surface area contributed by atoms with Crippen LogP contribution in [0.15, 0.2) is 51.8 Å². The summed E-state index contributed by atoms with van der Waals surface area (Å²) in [5.41, 5.74) is 1.73. The third kappa shape index (κ3) is 7.53. The number of amides is 1. The molecule has 266 valence electrons. The molecule has 2 aliphatic carbocycles. The van der Waals surface area contributed by atoms with Crippen molar-refractivity contribution < 1.29 is 41.7 Å². The molecule has 7 atom stereocenters. The minimum Gasteiger partial charge on any atom is -0.497 e. The number of methoxy groups -OCH3 is 1. The number of hydrogen-bond acceptors (Lipinski definition) is 11. The van der Waals surface area contributed by atoms with Gasteiger partial charge < -0.3 is 39.1 Å². The number of aliphatic hydroxyl groups is 1. The van der Waals surface area contributed by atoms with Crippen LogP contribution in [-0.2, 0) is 30.7 Å². The van der Waals surface area contributed by atoms with Crippen LogP contribution in [0, 0.1) is 23.7 Å². The SMILES string of the molecule is COc1ccc(CC(NC(=O)OC2C3CCC4C(OC3)OCC42)C(O)CN(CC(C)C)S(=O)(=O)c2ccc3nc(NC4CC4)oc3c2)cc1. The maximum atomic E-state index is 14.1. The van der Waals surface area contributed by atoms with Crippen molar-refractivity contribution >= 4 is 33.2 Å². The van der Waals surface area contributed by atoms with E-state index in [-0.39, 0.29) is 60.5 Å². The highest BCUT2D eigenvalue weighted by Crippen LogP contribution is 2.46. The number of aromatic nitrogens is 1. The molecule has 3 N–H and O–H groups in total. The number of anilines is 1. The smallest absolute Gasteiger partial charge is 0.407 e. The van der Waals surface area contributed by atoms with Gasteiger partial charge in [-0.1, -0.05) is 26.0 Å². The molecular formula is C35H46N4O9S. The van der Waals surface area contributed by atoms with Gasteiger partial charge in [0.1, 0.15) is 17.4 Å². The summed E-state index contributed by atoms with van der Waals surface area (Å²) in [6.45, 7) is 4.66. The Balaban J connectivity index is 1.11. The van der Waals surface area contributed by atoms with Gasteiger partial charge in [-0.3, -0.25) is 0 Å². The Bertz CT molecular complexity index is 1730. The van der Waals surface area contributed by atoms with E-state index in [1.54, 1.807) is 25.3 Å². The van der Waals surface area contributed by atoms with Crippen molar-refractivity contribution in [2.24, 2.45) is 23.7 Å². The molecule has 14 heteroatoms. The fraction of sp³-hybridized carbons (Fsp3) is 0.600. The lowest BCUT2D eigenvalue weighted by Gasteiger charge is -2.36. The molecule has 5 fully saturated rings. The van der Waals surface area contributed by atoms with Gasteiger partial charge in [-0.25, -0.2) is 13.2 Å². The lowest BCUT2D eigenvalue weighted by atomic mass is 9.74. The average Bonchev–Trinajstić information content (AvgIpc) is 3.73. The molecule has 8 rings (SSSR count). The lowest BCUT2D eigenvalue weighted by molar-refractivity contribution is -0.135. The van der Waals surface area contributed by atoms with E-state index in [1.165, 1.54) is 16.4 Å². The average molecular weight is 699 g/mol. The molecule has 0 spiro atoms. The van der Waals surface area contributed by atoms with Gasteiger partial charge in [0.2, 0.25) is 10.0 Å². The fourth-order valence-corrected chi connectivity index (χ4v) is 8.95. The first kappa shape index (κ1) is 34.0. The molecule has 4 heterocycles. The molecule has 2 aromatic carbocycles. The molecule has 13 nitrogen and oxygen atoms in total. The number of nitrogens with zero attached hydrogens (tertiary/aromatic N) is 2. The molecule has 0 radical (unpaired) electrons. The highest BCUT2D eigenvalue weighted by molar-refractivity contribution is 7.89. The highest BCUT2D eigenvalue weighted by atomic mass is 32.2. The molecule has 5 aliphatic rings. The Labute approximate surface area is 286 Å². The minimum atomic E-state index is -4.09. The number of nitrogens with one attached hydrogen (secondary N) is 2. The molecule has 3 aliphatic heterocycles. The summed E-state index contributed by atoms with van der Waals surface area (Å²) < 4.78 is 58.5. The van der Waals surface area contributed by atoms with E-state index in [2.05, 4.69) is 15.6 Å². The van der Waals surface area contributed by atoms with Crippen LogP contribution in [0.4, 0.5) is 10.8 Å². The zero-order chi connectivity index (χ0) is 34.3. The highest BCUT2D eigenvalue weighted by Gasteiger charge is 2.52. The third-order valence-electron chi connectivity index (χ3n) is 10.1. The maximum Gasteiger partial charge on any atom is 0.407 e. The molecule has 49 heavy (non-hydrogen) atoms. The van der Waals surface area contributed by atoms with Crippen molar-refractivity contribution in [3.8, 4) is 5.75 Å². The van der Waals surface area contributed by atoms with Crippen molar-refractivity contribution in [1.82, 2.24) is 14.6 Å². The number of rotatable bonds is 14. The normalized spacial score (nSPS) is 26.1. The second-order valence-electron chi connectivity index (χ2n) is 14.2. The Morgan fingerprint density at radius 2 is 1.82 bits per heavy atom. The molecule has 1 amide bonds. The van der Waals surface area contributed by atoms with Crippen LogP contribution >= 0.6 is 0 Å².